The van der Waals surface area contributed by atoms with E-state index in [0.717, 1.165) is 0 Å². The van der Waals surface area contributed by atoms with E-state index in [0.29, 0.717) is 28.6 Å². The van der Waals surface area contributed by atoms with Crippen molar-refractivity contribution in [3.05, 3.63) is 54.2 Å². The minimum absolute atomic E-state index is 0.176. The van der Waals surface area contributed by atoms with E-state index < -0.39 is 189 Å². The largest absolute Gasteiger partial charge is 0.481 e. The highest BCUT2D eigenvalue weighted by atomic mass is 32.1. The number of fused-ring (bicyclic) bond motifs is 1. The molecule has 2 aromatic heterocycles. The van der Waals surface area contributed by atoms with Gasteiger partial charge in [0.15, 0.2) is 0 Å². The van der Waals surface area contributed by atoms with Gasteiger partial charge < -0.3 is 84.6 Å². The van der Waals surface area contributed by atoms with E-state index in [1.165, 1.54) is 12.5 Å². The minimum atomic E-state index is -1.77. The maximum absolute atomic E-state index is 14.2. The van der Waals surface area contributed by atoms with Crippen LogP contribution in [0.3, 0.4) is 0 Å². The number of nitrogens with one attached hydrogen (secondary N) is 11. The van der Waals surface area contributed by atoms with E-state index >= 15 is 0 Å². The normalized spacial score (nSPS) is 14.4. The number of nitrogens with zero attached hydrogens (tertiary/aromatic N) is 1. The van der Waals surface area contributed by atoms with E-state index in [1.807, 2.05) is 6.92 Å². The van der Waals surface area contributed by atoms with Gasteiger partial charge in [-0.05, 0) is 42.7 Å². The predicted octanol–water partition coefficient (Wildman–Crippen LogP) is -3.66. The monoisotopic (exact) mass is 1160 g/mol. The smallest absolute Gasteiger partial charge is 0.326 e. The van der Waals surface area contributed by atoms with Crippen LogP contribution < -0.4 is 59.3 Å². The third-order valence-corrected chi connectivity index (χ3v) is 13.1. The molecule has 9 atom stereocenters. The Bertz CT molecular complexity index is 2720. The van der Waals surface area contributed by atoms with Crippen LogP contribution in [0.5, 0.6) is 0 Å². The number of carbonyl (C=O) groups excluding carboxylic acids is 10. The van der Waals surface area contributed by atoms with Crippen LogP contribution in [0.1, 0.15) is 83.9 Å². The number of carboxylic acid groups (broad SMARTS) is 3. The zero-order valence-corrected chi connectivity index (χ0v) is 45.9. The molecule has 0 aliphatic carbocycles. The number of primary amides is 1. The van der Waals surface area contributed by atoms with E-state index in [-0.39, 0.29) is 18.8 Å². The fourth-order valence-corrected chi connectivity index (χ4v) is 8.05. The first-order valence-corrected chi connectivity index (χ1v) is 26.4. The summed E-state index contributed by atoms with van der Waals surface area (Å²) >= 11 is 4.15. The molecular formula is C50H72N14O16S. The molecule has 0 saturated heterocycles. The van der Waals surface area contributed by atoms with Crippen molar-refractivity contribution in [3.63, 3.8) is 0 Å². The van der Waals surface area contributed by atoms with Crippen LogP contribution in [0.2, 0.25) is 0 Å². The lowest BCUT2D eigenvalue weighted by atomic mass is 9.97. The highest BCUT2D eigenvalue weighted by Gasteiger charge is 2.35. The molecule has 3 rings (SSSR count). The fourth-order valence-electron chi connectivity index (χ4n) is 7.79. The minimum Gasteiger partial charge on any atom is -0.481 e. The number of aromatic nitrogens is 3. The van der Waals surface area contributed by atoms with Crippen molar-refractivity contribution in [3.8, 4) is 0 Å². The SMILES string of the molecule is CC[C@H](C)[C@H](N)C(=O)N[C@H](C(=O)NCC(=O)NCC(=O)N[C@@H](Cc1c[nH]c2ccccc12)C(=O)N[C@@H](CCC(=O)O)C(=O)N[C@@H](CS)C(=O)N[C@@H](CCC(=O)O)C(=O)N[C@@H](CCC(N)=O)C(=O)N[C@@H](Cc1cnc[nH]1)C(=O)O)C(C)C. The molecular weight excluding hydrogens is 1080 g/mol. The Balaban J connectivity index is 1.81. The van der Waals surface area contributed by atoms with Gasteiger partial charge >= 0.3 is 17.9 Å². The second kappa shape index (κ2) is 33.1. The van der Waals surface area contributed by atoms with Gasteiger partial charge in [0.05, 0.1) is 25.5 Å². The number of carboxylic acids is 3. The van der Waals surface area contributed by atoms with Gasteiger partial charge in [-0.15, -0.1) is 0 Å². The van der Waals surface area contributed by atoms with Crippen LogP contribution in [0.15, 0.2) is 43.0 Å². The topological polar surface area (TPSA) is 487 Å². The first-order valence-electron chi connectivity index (χ1n) is 25.7. The van der Waals surface area contributed by atoms with Crippen LogP contribution in [0.25, 0.3) is 10.9 Å². The number of H-pyrrole nitrogens is 2. The van der Waals surface area contributed by atoms with Crippen molar-refractivity contribution < 1.29 is 77.6 Å². The molecule has 3 aromatic rings. The highest BCUT2D eigenvalue weighted by molar-refractivity contribution is 7.80. The van der Waals surface area contributed by atoms with Crippen LogP contribution in [-0.4, -0.2) is 174 Å². The fraction of sp³-hybridized carbons (Fsp3) is 0.520. The lowest BCUT2D eigenvalue weighted by molar-refractivity contribution is -0.142. The number of aliphatic carboxylic acids is 3. The molecule has 18 N–H and O–H groups in total. The van der Waals surface area contributed by atoms with E-state index in [4.69, 9.17) is 11.5 Å². The van der Waals surface area contributed by atoms with Crippen molar-refractivity contribution in [2.45, 2.75) is 134 Å². The standard InChI is InChI=1S/C50H72N14O16S/c1-5-25(4)41(52)48(77)64-42(24(2)3)49(78)56-20-37(66)55-21-38(67)58-33(16-26-18-54-29-9-7-6-8-28(26)29)46(75)60-32(12-15-40(70)71)45(74)63-35(22-81)47(76)61-31(11-14-39(68)69)43(72)59-30(10-13-36(51)65)44(73)62-34(50(79)80)17-27-19-53-23-57-27/h6-9,18-19,23-25,30-35,41-42,54,81H,5,10-17,20-22,52H2,1-4H3,(H2,51,65)(H,53,57)(H,55,66)(H,56,78)(H,58,67)(H,59,72)(H,60,75)(H,61,76)(H,62,73)(H,63,74)(H,64,77)(H,68,69)(H,70,71)(H,79,80)/t25-,30-,31-,32-,33-,34-,35-,41-,42-/m0/s1. The zero-order chi connectivity index (χ0) is 60.5. The summed E-state index contributed by atoms with van der Waals surface area (Å²) in [6.07, 6.45) is 0.634. The summed E-state index contributed by atoms with van der Waals surface area (Å²) in [4.78, 5) is 178. The summed E-state index contributed by atoms with van der Waals surface area (Å²) in [6, 6.07) is -4.95. The summed E-state index contributed by atoms with van der Waals surface area (Å²) in [5.41, 5.74) is 12.8. The molecule has 81 heavy (non-hydrogen) atoms. The van der Waals surface area contributed by atoms with Gasteiger partial charge in [-0.1, -0.05) is 52.3 Å². The van der Waals surface area contributed by atoms with Gasteiger partial charge in [-0.3, -0.25) is 57.5 Å². The third-order valence-electron chi connectivity index (χ3n) is 12.7. The number of benzene rings is 1. The number of hydrogen-bond acceptors (Lipinski definition) is 16. The van der Waals surface area contributed by atoms with Crippen LogP contribution in [0, 0.1) is 11.8 Å². The lowest BCUT2D eigenvalue weighted by Gasteiger charge is -2.27. The van der Waals surface area contributed by atoms with Crippen molar-refractivity contribution in [1.29, 1.82) is 0 Å². The number of hydrogen-bond donors (Lipinski definition) is 17. The quantitative estimate of drug-likeness (QED) is 0.0250. The van der Waals surface area contributed by atoms with Crippen LogP contribution in [0.4, 0.5) is 0 Å². The molecule has 0 saturated carbocycles. The summed E-state index contributed by atoms with van der Waals surface area (Å²) in [5.74, 6) is -14.9. The molecule has 444 valence electrons. The predicted molar refractivity (Wildman–Crippen MR) is 290 cm³/mol. The molecule has 31 heteroatoms. The van der Waals surface area contributed by atoms with Crippen molar-refractivity contribution in [2.75, 3.05) is 18.8 Å². The first kappa shape index (κ1) is 66.7. The Morgan fingerprint density at radius 1 is 0.605 bits per heavy atom. The Hall–Kier alpha value is -8.61. The molecule has 0 aliphatic heterocycles. The number of rotatable bonds is 36. The van der Waals surface area contributed by atoms with Crippen molar-refractivity contribution in [1.82, 2.24) is 62.8 Å². The van der Waals surface area contributed by atoms with Gasteiger partial charge in [0, 0.05) is 66.8 Å². The average molecular weight is 1160 g/mol. The first-order chi connectivity index (χ1) is 38.2. The third kappa shape index (κ3) is 22.6. The second-order valence-electron chi connectivity index (χ2n) is 19.3. The second-order valence-corrected chi connectivity index (χ2v) is 19.7. The number of para-hydroxylation sites is 1. The Kier molecular flexibility index (Phi) is 27.2. The molecule has 0 aliphatic rings. The zero-order valence-electron chi connectivity index (χ0n) is 45.0. The van der Waals surface area contributed by atoms with E-state index in [9.17, 15) is 77.6 Å². The number of nitrogens with two attached hydrogens (primary N) is 2. The highest BCUT2D eigenvalue weighted by Crippen LogP contribution is 2.20. The molecule has 1 aromatic carbocycles. The maximum atomic E-state index is 14.2. The molecule has 10 amide bonds. The Morgan fingerprint density at radius 2 is 1.12 bits per heavy atom. The molecule has 0 unspecified atom stereocenters. The molecule has 0 bridgehead atoms. The van der Waals surface area contributed by atoms with Gasteiger partial charge in [-0.2, -0.15) is 12.6 Å². The van der Waals surface area contributed by atoms with E-state index in [2.05, 4.69) is 75.4 Å². The van der Waals surface area contributed by atoms with E-state index in [1.54, 1.807) is 51.2 Å². The Labute approximate surface area is 469 Å². The van der Waals surface area contributed by atoms with Crippen LogP contribution in [-0.2, 0) is 75.2 Å². The lowest BCUT2D eigenvalue weighted by Crippen LogP contribution is -2.60. The number of amides is 10. The maximum Gasteiger partial charge on any atom is 0.326 e. The average Bonchev–Trinajstić information content (AvgIpc) is 4.15. The number of imidazole rings is 1. The summed E-state index contributed by atoms with van der Waals surface area (Å²) in [6.45, 7) is 5.65. The van der Waals surface area contributed by atoms with Crippen molar-refractivity contribution >= 4 is 101 Å². The number of carbonyl (C=O) groups is 13. The molecule has 2 heterocycles. The van der Waals surface area contributed by atoms with Gasteiger partial charge in [0.1, 0.15) is 42.3 Å². The van der Waals surface area contributed by atoms with Crippen molar-refractivity contribution in [2.24, 2.45) is 23.3 Å². The molecule has 0 fully saturated rings. The number of aromatic amines is 2. The number of thiol groups is 1. The molecule has 0 radical (unpaired) electrons. The summed E-state index contributed by atoms with van der Waals surface area (Å²) < 4.78 is 0. The molecule has 0 spiro atoms. The van der Waals surface area contributed by atoms with Crippen LogP contribution >= 0.6 is 12.6 Å². The van der Waals surface area contributed by atoms with Gasteiger partial charge in [-0.25, -0.2) is 9.78 Å². The van der Waals surface area contributed by atoms with Gasteiger partial charge in [0.2, 0.25) is 59.1 Å². The molecule has 30 nitrogen and oxygen atoms in total. The summed E-state index contributed by atoms with van der Waals surface area (Å²) in [7, 11) is 0. The van der Waals surface area contributed by atoms with Gasteiger partial charge in [0.25, 0.3) is 0 Å². The Morgan fingerprint density at radius 3 is 1.63 bits per heavy atom. The summed E-state index contributed by atoms with van der Waals surface area (Å²) in [5, 5.41) is 50.9.